The zero-order valence-electron chi connectivity index (χ0n) is 13.6. The number of aromatic nitrogens is 2. The Morgan fingerprint density at radius 2 is 1.92 bits per heavy atom. The Labute approximate surface area is 154 Å². The first-order valence-electron chi connectivity index (χ1n) is 7.91. The first-order chi connectivity index (χ1) is 12.5. The van der Waals surface area contributed by atoms with Crippen LogP contribution in [0.3, 0.4) is 0 Å². The molecule has 1 N–H and O–H groups in total. The fraction of sp³-hybridized carbons (Fsp3) is 0.250. The van der Waals surface area contributed by atoms with Gasteiger partial charge in [-0.2, -0.15) is 0 Å². The average molecular weight is 395 g/mol. The first kappa shape index (κ1) is 17.1. The minimum absolute atomic E-state index is 0.00960. The smallest absolute Gasteiger partial charge is 0.264 e. The van der Waals surface area contributed by atoms with Gasteiger partial charge in [0, 0.05) is 13.1 Å². The van der Waals surface area contributed by atoms with E-state index in [4.69, 9.17) is 16.3 Å². The van der Waals surface area contributed by atoms with E-state index in [0.717, 1.165) is 18.8 Å². The van der Waals surface area contributed by atoms with Crippen molar-refractivity contribution in [2.45, 2.75) is 4.90 Å². The van der Waals surface area contributed by atoms with Gasteiger partial charge in [0.25, 0.3) is 10.0 Å². The van der Waals surface area contributed by atoms with Crippen LogP contribution in [0.25, 0.3) is 11.0 Å². The summed E-state index contributed by atoms with van der Waals surface area (Å²) in [5, 5.41) is 7.80. The van der Waals surface area contributed by atoms with Crippen molar-refractivity contribution in [3.8, 4) is 0 Å². The molecule has 0 atom stereocenters. The molecule has 136 valence electrons. The van der Waals surface area contributed by atoms with Crippen molar-refractivity contribution < 1.29 is 17.8 Å². The summed E-state index contributed by atoms with van der Waals surface area (Å²) in [5.74, 6) is 0. The Morgan fingerprint density at radius 3 is 2.69 bits per heavy atom. The fourth-order valence-electron chi connectivity index (χ4n) is 2.84. The minimum Gasteiger partial charge on any atom is -0.378 e. The van der Waals surface area contributed by atoms with E-state index in [-0.39, 0.29) is 10.4 Å². The molecule has 0 amide bonds. The molecule has 10 heteroatoms. The summed E-state index contributed by atoms with van der Waals surface area (Å²) in [5.41, 5.74) is 1.76. The number of hydrogen-bond acceptors (Lipinski definition) is 7. The fourth-order valence-corrected chi connectivity index (χ4v) is 4.34. The first-order valence-corrected chi connectivity index (χ1v) is 9.77. The number of sulfonamides is 1. The lowest BCUT2D eigenvalue weighted by Crippen LogP contribution is -2.36. The van der Waals surface area contributed by atoms with Gasteiger partial charge in [0.15, 0.2) is 5.52 Å². The number of anilines is 2. The molecule has 1 aliphatic heterocycles. The maximum atomic E-state index is 12.7. The van der Waals surface area contributed by atoms with E-state index in [1.807, 2.05) is 0 Å². The summed E-state index contributed by atoms with van der Waals surface area (Å²) in [6, 6.07) is 9.71. The SMILES string of the molecule is O=S(=O)(Nc1ccc(N2CCOCC2)c(Cl)c1)c1cccc2nonc12. The quantitative estimate of drug-likeness (QED) is 0.725. The second-order valence-corrected chi connectivity index (χ2v) is 7.82. The summed E-state index contributed by atoms with van der Waals surface area (Å²) in [6.07, 6.45) is 0. The van der Waals surface area contributed by atoms with Crippen molar-refractivity contribution in [2.24, 2.45) is 0 Å². The van der Waals surface area contributed by atoms with Gasteiger partial charge in [0.1, 0.15) is 10.4 Å². The molecule has 1 saturated heterocycles. The van der Waals surface area contributed by atoms with Crippen LogP contribution in [-0.2, 0) is 14.8 Å². The molecular formula is C16H15ClN4O4S. The molecule has 2 heterocycles. The Morgan fingerprint density at radius 1 is 1.12 bits per heavy atom. The number of halogens is 1. The molecule has 1 fully saturated rings. The van der Waals surface area contributed by atoms with Gasteiger partial charge in [-0.3, -0.25) is 4.72 Å². The zero-order valence-corrected chi connectivity index (χ0v) is 15.1. The Hall–Kier alpha value is -2.36. The van der Waals surface area contributed by atoms with Crippen LogP contribution in [0.1, 0.15) is 0 Å². The van der Waals surface area contributed by atoms with Gasteiger partial charge in [0.2, 0.25) is 0 Å². The van der Waals surface area contributed by atoms with Crippen molar-refractivity contribution in [1.82, 2.24) is 10.3 Å². The molecule has 0 spiro atoms. The number of nitrogens with one attached hydrogen (secondary N) is 1. The van der Waals surface area contributed by atoms with E-state index < -0.39 is 10.0 Å². The van der Waals surface area contributed by atoms with E-state index in [2.05, 4.69) is 24.6 Å². The van der Waals surface area contributed by atoms with Gasteiger partial charge >= 0.3 is 0 Å². The van der Waals surface area contributed by atoms with Gasteiger partial charge < -0.3 is 9.64 Å². The zero-order chi connectivity index (χ0) is 18.1. The van der Waals surface area contributed by atoms with Gasteiger partial charge in [-0.1, -0.05) is 17.7 Å². The predicted molar refractivity (Wildman–Crippen MR) is 97.1 cm³/mol. The van der Waals surface area contributed by atoms with E-state index >= 15 is 0 Å². The maximum Gasteiger partial charge on any atom is 0.264 e. The molecule has 0 aliphatic carbocycles. The van der Waals surface area contributed by atoms with Crippen LogP contribution in [0, 0.1) is 0 Å². The van der Waals surface area contributed by atoms with Gasteiger partial charge in [-0.25, -0.2) is 13.0 Å². The Kier molecular flexibility index (Phi) is 4.43. The Balaban J connectivity index is 1.62. The van der Waals surface area contributed by atoms with Crippen LogP contribution >= 0.6 is 11.6 Å². The van der Waals surface area contributed by atoms with Crippen molar-refractivity contribution >= 4 is 44.0 Å². The Bertz CT molecular complexity index is 1050. The highest BCUT2D eigenvalue weighted by Gasteiger charge is 2.21. The largest absolute Gasteiger partial charge is 0.378 e. The van der Waals surface area contributed by atoms with Crippen LogP contribution in [0.4, 0.5) is 11.4 Å². The van der Waals surface area contributed by atoms with Gasteiger partial charge in [0.05, 0.1) is 29.6 Å². The minimum atomic E-state index is -3.87. The van der Waals surface area contributed by atoms with Crippen molar-refractivity contribution in [3.63, 3.8) is 0 Å². The lowest BCUT2D eigenvalue weighted by Gasteiger charge is -2.29. The van der Waals surface area contributed by atoms with Crippen molar-refractivity contribution in [2.75, 3.05) is 35.9 Å². The molecule has 26 heavy (non-hydrogen) atoms. The van der Waals surface area contributed by atoms with Crippen LogP contribution < -0.4 is 9.62 Å². The third-order valence-corrected chi connectivity index (χ3v) is 5.81. The number of fused-ring (bicyclic) bond motifs is 1. The number of benzene rings is 2. The molecule has 1 aromatic heterocycles. The highest BCUT2D eigenvalue weighted by Crippen LogP contribution is 2.31. The predicted octanol–water partition coefficient (Wildman–Crippen LogP) is 2.51. The second-order valence-electron chi connectivity index (χ2n) is 5.76. The molecule has 0 saturated carbocycles. The van der Waals surface area contributed by atoms with E-state index in [9.17, 15) is 8.42 Å². The highest BCUT2D eigenvalue weighted by atomic mass is 35.5. The number of nitrogens with zero attached hydrogens (tertiary/aromatic N) is 3. The number of morpholine rings is 1. The van der Waals surface area contributed by atoms with Crippen LogP contribution in [0.2, 0.25) is 5.02 Å². The van der Waals surface area contributed by atoms with Crippen molar-refractivity contribution in [1.29, 1.82) is 0 Å². The summed E-state index contributed by atoms with van der Waals surface area (Å²) < 4.78 is 37.9. The van der Waals surface area contributed by atoms with Gasteiger partial charge in [-0.05, 0) is 40.6 Å². The van der Waals surface area contributed by atoms with Gasteiger partial charge in [-0.15, -0.1) is 0 Å². The second kappa shape index (κ2) is 6.75. The molecule has 3 aromatic rings. The molecule has 4 rings (SSSR count). The lowest BCUT2D eigenvalue weighted by atomic mass is 10.2. The molecule has 0 radical (unpaired) electrons. The third kappa shape index (κ3) is 3.20. The molecule has 1 aliphatic rings. The van der Waals surface area contributed by atoms with E-state index in [1.165, 1.54) is 6.07 Å². The maximum absolute atomic E-state index is 12.7. The van der Waals surface area contributed by atoms with E-state index in [1.54, 1.807) is 30.3 Å². The molecular weight excluding hydrogens is 380 g/mol. The molecule has 0 unspecified atom stereocenters. The van der Waals surface area contributed by atoms with Crippen molar-refractivity contribution in [3.05, 3.63) is 41.4 Å². The average Bonchev–Trinajstić information content (AvgIpc) is 3.11. The number of hydrogen-bond donors (Lipinski definition) is 1. The molecule has 8 nitrogen and oxygen atoms in total. The molecule has 0 bridgehead atoms. The monoisotopic (exact) mass is 394 g/mol. The highest BCUT2D eigenvalue weighted by molar-refractivity contribution is 7.93. The molecule has 2 aromatic carbocycles. The normalized spacial score (nSPS) is 15.3. The summed E-state index contributed by atoms with van der Waals surface area (Å²) >= 11 is 6.36. The van der Waals surface area contributed by atoms with Crippen LogP contribution in [-0.4, -0.2) is 45.0 Å². The summed E-state index contributed by atoms with van der Waals surface area (Å²) in [4.78, 5) is 2.09. The summed E-state index contributed by atoms with van der Waals surface area (Å²) in [6.45, 7) is 2.76. The number of ether oxygens (including phenoxy) is 1. The standard InChI is InChI=1S/C16H15ClN4O4S/c17-12-10-11(4-5-14(12)21-6-8-24-9-7-21)20-26(22,23)15-3-1-2-13-16(15)19-25-18-13/h1-5,10,20H,6-9H2. The van der Waals surface area contributed by atoms with E-state index in [0.29, 0.717) is 29.4 Å². The van der Waals surface area contributed by atoms with Crippen LogP contribution in [0.15, 0.2) is 45.9 Å². The topological polar surface area (TPSA) is 97.6 Å². The van der Waals surface area contributed by atoms with Crippen LogP contribution in [0.5, 0.6) is 0 Å². The lowest BCUT2D eigenvalue weighted by molar-refractivity contribution is 0.122. The summed E-state index contributed by atoms with van der Waals surface area (Å²) in [7, 11) is -3.87. The third-order valence-electron chi connectivity index (χ3n) is 4.09. The number of rotatable bonds is 4.